The summed E-state index contributed by atoms with van der Waals surface area (Å²) in [4.78, 5) is 15.7. The van der Waals surface area contributed by atoms with Gasteiger partial charge in [-0.2, -0.15) is 0 Å². The van der Waals surface area contributed by atoms with Crippen LogP contribution in [0.4, 0.5) is 0 Å². The lowest BCUT2D eigenvalue weighted by atomic mass is 9.97. The first-order valence-corrected chi connectivity index (χ1v) is 4.34. The van der Waals surface area contributed by atoms with Crippen LogP contribution in [0.1, 0.15) is 12.6 Å². The summed E-state index contributed by atoms with van der Waals surface area (Å²) in [5.41, 5.74) is -0.231. The maximum absolute atomic E-state index is 11.5. The van der Waals surface area contributed by atoms with Crippen LogP contribution in [-0.4, -0.2) is 25.1 Å². The quantitative estimate of drug-likeness (QED) is 0.719. The molecule has 1 rings (SSSR count). The van der Waals surface area contributed by atoms with Gasteiger partial charge in [-0.1, -0.05) is 6.07 Å². The van der Waals surface area contributed by atoms with Crippen LogP contribution in [0.5, 0.6) is 0 Å². The van der Waals surface area contributed by atoms with Crippen molar-refractivity contribution in [2.24, 2.45) is 0 Å². The van der Waals surface area contributed by atoms with E-state index >= 15 is 0 Å². The molecule has 0 aliphatic rings. The van der Waals surface area contributed by atoms with Gasteiger partial charge in [0, 0.05) is 6.20 Å². The van der Waals surface area contributed by atoms with E-state index in [9.17, 15) is 4.79 Å². The standard InChI is InChI=1S/C10H14N2O2/c1-10(11-2,9(13)14-3)8-6-4-5-7-12-8/h4-7,11H,1-3H3/t10-/m1/s1. The van der Waals surface area contributed by atoms with E-state index in [-0.39, 0.29) is 5.97 Å². The molecule has 4 heteroatoms. The smallest absolute Gasteiger partial charge is 0.332 e. The largest absolute Gasteiger partial charge is 0.467 e. The second-order valence-corrected chi connectivity index (χ2v) is 3.08. The molecule has 0 saturated carbocycles. The average Bonchev–Trinajstić information content (AvgIpc) is 2.28. The lowest BCUT2D eigenvalue weighted by molar-refractivity contribution is -0.148. The van der Waals surface area contributed by atoms with E-state index in [0.29, 0.717) is 5.69 Å². The lowest BCUT2D eigenvalue weighted by Gasteiger charge is -2.25. The van der Waals surface area contributed by atoms with E-state index in [4.69, 9.17) is 4.74 Å². The number of aromatic nitrogens is 1. The predicted molar refractivity (Wildman–Crippen MR) is 52.7 cm³/mol. The average molecular weight is 194 g/mol. The second-order valence-electron chi connectivity index (χ2n) is 3.08. The molecule has 0 saturated heterocycles. The Labute approximate surface area is 83.3 Å². The summed E-state index contributed by atoms with van der Waals surface area (Å²) in [5, 5.41) is 2.91. The Bertz CT molecular complexity index is 313. The molecule has 0 unspecified atom stereocenters. The van der Waals surface area contributed by atoms with Crippen LogP contribution in [0.3, 0.4) is 0 Å². The summed E-state index contributed by atoms with van der Waals surface area (Å²) in [5.74, 6) is -0.348. The lowest BCUT2D eigenvalue weighted by Crippen LogP contribution is -2.46. The van der Waals surface area contributed by atoms with Crippen LogP contribution in [0.15, 0.2) is 24.4 Å². The normalized spacial score (nSPS) is 14.5. The summed E-state index contributed by atoms with van der Waals surface area (Å²) in [6.45, 7) is 1.74. The number of rotatable bonds is 3. The number of carbonyl (C=O) groups excluding carboxylic acids is 1. The number of pyridine rings is 1. The zero-order valence-corrected chi connectivity index (χ0v) is 8.57. The molecular weight excluding hydrogens is 180 g/mol. The Morgan fingerprint density at radius 2 is 2.29 bits per heavy atom. The van der Waals surface area contributed by atoms with Gasteiger partial charge in [-0.15, -0.1) is 0 Å². The molecule has 1 heterocycles. The van der Waals surface area contributed by atoms with Crippen LogP contribution in [0, 0.1) is 0 Å². The molecule has 14 heavy (non-hydrogen) atoms. The van der Waals surface area contributed by atoms with Gasteiger partial charge in [0.25, 0.3) is 0 Å². The van der Waals surface area contributed by atoms with Gasteiger partial charge in [0.05, 0.1) is 12.8 Å². The van der Waals surface area contributed by atoms with Crippen LogP contribution in [-0.2, 0) is 15.1 Å². The number of ether oxygens (including phenoxy) is 1. The Kier molecular flexibility index (Phi) is 3.19. The zero-order chi connectivity index (χ0) is 10.6. The van der Waals surface area contributed by atoms with E-state index in [1.807, 2.05) is 6.07 Å². The molecule has 1 atom stereocenters. The van der Waals surface area contributed by atoms with Crippen molar-refractivity contribution in [2.45, 2.75) is 12.5 Å². The zero-order valence-electron chi connectivity index (χ0n) is 8.57. The van der Waals surface area contributed by atoms with Gasteiger partial charge < -0.3 is 10.1 Å². The SMILES string of the molecule is CN[C@@](C)(C(=O)OC)c1ccccn1. The summed E-state index contributed by atoms with van der Waals surface area (Å²) >= 11 is 0. The summed E-state index contributed by atoms with van der Waals surface area (Å²) in [6.07, 6.45) is 1.65. The molecule has 0 aromatic carbocycles. The third-order valence-corrected chi connectivity index (χ3v) is 2.27. The number of hydrogen-bond acceptors (Lipinski definition) is 4. The van der Waals surface area contributed by atoms with Crippen LogP contribution < -0.4 is 5.32 Å². The molecule has 1 N–H and O–H groups in total. The fourth-order valence-electron chi connectivity index (χ4n) is 1.20. The van der Waals surface area contributed by atoms with E-state index in [2.05, 4.69) is 10.3 Å². The molecule has 0 aliphatic heterocycles. The minimum absolute atomic E-state index is 0.348. The Balaban J connectivity index is 3.08. The van der Waals surface area contributed by atoms with Crippen molar-refractivity contribution in [3.05, 3.63) is 30.1 Å². The number of nitrogens with zero attached hydrogens (tertiary/aromatic N) is 1. The highest BCUT2D eigenvalue weighted by Gasteiger charge is 2.35. The molecule has 0 radical (unpaired) electrons. The number of methoxy groups -OCH3 is 1. The van der Waals surface area contributed by atoms with Crippen molar-refractivity contribution in [3.8, 4) is 0 Å². The molecule has 76 valence electrons. The first kappa shape index (κ1) is 10.7. The van der Waals surface area contributed by atoms with E-state index in [1.54, 1.807) is 32.3 Å². The van der Waals surface area contributed by atoms with Gasteiger partial charge in [-0.3, -0.25) is 4.98 Å². The number of likely N-dealkylation sites (N-methyl/N-ethyl adjacent to an activating group) is 1. The Morgan fingerprint density at radius 3 is 2.71 bits per heavy atom. The third kappa shape index (κ3) is 1.75. The molecule has 0 aliphatic carbocycles. The Morgan fingerprint density at radius 1 is 1.57 bits per heavy atom. The van der Waals surface area contributed by atoms with Gasteiger partial charge in [0.2, 0.25) is 0 Å². The van der Waals surface area contributed by atoms with Crippen LogP contribution in [0.2, 0.25) is 0 Å². The second kappa shape index (κ2) is 4.19. The van der Waals surface area contributed by atoms with Gasteiger partial charge in [-0.25, -0.2) is 4.79 Å². The van der Waals surface area contributed by atoms with Crippen LogP contribution >= 0.6 is 0 Å². The van der Waals surface area contributed by atoms with Crippen LogP contribution in [0.25, 0.3) is 0 Å². The molecule has 0 amide bonds. The first-order valence-electron chi connectivity index (χ1n) is 4.34. The minimum Gasteiger partial charge on any atom is -0.467 e. The molecule has 0 bridgehead atoms. The number of hydrogen-bond donors (Lipinski definition) is 1. The summed E-state index contributed by atoms with van der Waals surface area (Å²) < 4.78 is 4.72. The van der Waals surface area contributed by atoms with E-state index in [0.717, 1.165) is 0 Å². The highest BCUT2D eigenvalue weighted by molar-refractivity contribution is 5.81. The molecule has 0 spiro atoms. The highest BCUT2D eigenvalue weighted by atomic mass is 16.5. The van der Waals surface area contributed by atoms with Crippen molar-refractivity contribution < 1.29 is 9.53 Å². The fraction of sp³-hybridized carbons (Fsp3) is 0.400. The van der Waals surface area contributed by atoms with Crippen molar-refractivity contribution in [1.82, 2.24) is 10.3 Å². The molecular formula is C10H14N2O2. The number of esters is 1. The molecule has 4 nitrogen and oxygen atoms in total. The van der Waals surface area contributed by atoms with Gasteiger partial charge in [0.1, 0.15) is 0 Å². The van der Waals surface area contributed by atoms with Gasteiger partial charge in [-0.05, 0) is 26.1 Å². The highest BCUT2D eigenvalue weighted by Crippen LogP contribution is 2.18. The third-order valence-electron chi connectivity index (χ3n) is 2.27. The summed E-state index contributed by atoms with van der Waals surface area (Å²) in [7, 11) is 3.06. The Hall–Kier alpha value is -1.42. The number of carbonyl (C=O) groups is 1. The minimum atomic E-state index is -0.879. The van der Waals surface area contributed by atoms with Crippen molar-refractivity contribution >= 4 is 5.97 Å². The van der Waals surface area contributed by atoms with Crippen molar-refractivity contribution in [1.29, 1.82) is 0 Å². The van der Waals surface area contributed by atoms with Crippen molar-refractivity contribution in [2.75, 3.05) is 14.2 Å². The molecule has 0 fully saturated rings. The van der Waals surface area contributed by atoms with Gasteiger partial charge >= 0.3 is 5.97 Å². The van der Waals surface area contributed by atoms with E-state index < -0.39 is 5.54 Å². The van der Waals surface area contributed by atoms with Gasteiger partial charge in [0.15, 0.2) is 5.54 Å². The molecule has 1 aromatic heterocycles. The molecule has 1 aromatic rings. The summed E-state index contributed by atoms with van der Waals surface area (Å²) in [6, 6.07) is 5.42. The monoisotopic (exact) mass is 194 g/mol. The van der Waals surface area contributed by atoms with E-state index in [1.165, 1.54) is 7.11 Å². The predicted octanol–water partition coefficient (Wildman–Crippen LogP) is 0.689. The number of nitrogens with one attached hydrogen (secondary N) is 1. The fourth-order valence-corrected chi connectivity index (χ4v) is 1.20. The topological polar surface area (TPSA) is 51.2 Å². The first-order chi connectivity index (χ1) is 6.65. The maximum atomic E-state index is 11.5. The maximum Gasteiger partial charge on any atom is 0.332 e. The van der Waals surface area contributed by atoms with Crippen molar-refractivity contribution in [3.63, 3.8) is 0 Å².